The first-order valence-corrected chi connectivity index (χ1v) is 6.38. The molecule has 0 aliphatic carbocycles. The lowest BCUT2D eigenvalue weighted by atomic mass is 10.2. The van der Waals surface area contributed by atoms with E-state index >= 15 is 0 Å². The van der Waals surface area contributed by atoms with E-state index in [0.717, 1.165) is 8.04 Å². The average molecular weight is 383 g/mol. The maximum Gasteiger partial charge on any atom is 0.252 e. The number of hydrogen-bond donors (Lipinski definition) is 2. The van der Waals surface area contributed by atoms with Gasteiger partial charge in [0.15, 0.2) is 0 Å². The second-order valence-corrected chi connectivity index (χ2v) is 5.14. The summed E-state index contributed by atoms with van der Waals surface area (Å²) >= 11 is 5.53. The Balaban J connectivity index is 2.87. The first-order chi connectivity index (χ1) is 7.06. The summed E-state index contributed by atoms with van der Waals surface area (Å²) in [7, 11) is 0. The number of nitrogens with two attached hydrogens (primary N) is 1. The van der Waals surface area contributed by atoms with Crippen LogP contribution in [0.5, 0.6) is 0 Å². The second kappa shape index (κ2) is 5.81. The van der Waals surface area contributed by atoms with Crippen molar-refractivity contribution in [3.63, 3.8) is 0 Å². The first kappa shape index (κ1) is 12.9. The van der Waals surface area contributed by atoms with Crippen LogP contribution in [0, 0.1) is 3.57 Å². The maximum absolute atomic E-state index is 11.8. The topological polar surface area (TPSA) is 55.1 Å². The van der Waals surface area contributed by atoms with E-state index < -0.39 is 0 Å². The van der Waals surface area contributed by atoms with Crippen molar-refractivity contribution >= 4 is 44.4 Å². The molecule has 3 N–H and O–H groups in total. The molecule has 1 aromatic carbocycles. The summed E-state index contributed by atoms with van der Waals surface area (Å²) < 4.78 is 1.84. The molecular weight excluding hydrogens is 371 g/mol. The van der Waals surface area contributed by atoms with Crippen molar-refractivity contribution in [1.29, 1.82) is 0 Å². The molecule has 3 nitrogen and oxygen atoms in total. The zero-order valence-electron chi connectivity index (χ0n) is 8.26. The van der Waals surface area contributed by atoms with E-state index in [-0.39, 0.29) is 11.9 Å². The molecule has 0 aromatic heterocycles. The van der Waals surface area contributed by atoms with Gasteiger partial charge in [-0.25, -0.2) is 0 Å². The molecule has 0 aliphatic rings. The van der Waals surface area contributed by atoms with Crippen LogP contribution in [0.3, 0.4) is 0 Å². The fourth-order valence-corrected chi connectivity index (χ4v) is 2.01. The molecule has 0 radical (unpaired) electrons. The van der Waals surface area contributed by atoms with Gasteiger partial charge in [0, 0.05) is 20.6 Å². The highest BCUT2D eigenvalue weighted by Gasteiger charge is 2.13. The molecule has 0 saturated carbocycles. The molecule has 5 heteroatoms. The van der Waals surface area contributed by atoms with Crippen molar-refractivity contribution in [2.45, 2.75) is 13.0 Å². The Morgan fingerprint density at radius 3 is 2.93 bits per heavy atom. The van der Waals surface area contributed by atoms with Gasteiger partial charge in [-0.05, 0) is 57.6 Å². The first-order valence-electron chi connectivity index (χ1n) is 4.51. The average Bonchev–Trinajstić information content (AvgIpc) is 2.21. The summed E-state index contributed by atoms with van der Waals surface area (Å²) in [6, 6.07) is 5.54. The number of carbonyl (C=O) groups excluding carboxylic acids is 1. The van der Waals surface area contributed by atoms with E-state index in [2.05, 4.69) is 43.8 Å². The Morgan fingerprint density at radius 1 is 1.67 bits per heavy atom. The van der Waals surface area contributed by atoms with Crippen molar-refractivity contribution in [1.82, 2.24) is 5.32 Å². The van der Waals surface area contributed by atoms with Crippen LogP contribution in [0.15, 0.2) is 22.7 Å². The van der Waals surface area contributed by atoms with Crippen LogP contribution in [0.2, 0.25) is 0 Å². The molecule has 1 aromatic rings. The molecule has 0 unspecified atom stereocenters. The van der Waals surface area contributed by atoms with Gasteiger partial charge in [-0.3, -0.25) is 4.79 Å². The van der Waals surface area contributed by atoms with Gasteiger partial charge in [0.25, 0.3) is 5.91 Å². The molecule has 0 fully saturated rings. The van der Waals surface area contributed by atoms with Crippen LogP contribution < -0.4 is 11.1 Å². The number of hydrogen-bond acceptors (Lipinski definition) is 2. The summed E-state index contributed by atoms with van der Waals surface area (Å²) in [5.74, 6) is -0.0846. The van der Waals surface area contributed by atoms with Gasteiger partial charge >= 0.3 is 0 Å². The van der Waals surface area contributed by atoms with Crippen molar-refractivity contribution in [2.24, 2.45) is 5.73 Å². The quantitative estimate of drug-likeness (QED) is 0.787. The van der Waals surface area contributed by atoms with E-state index in [1.807, 2.05) is 19.1 Å². The summed E-state index contributed by atoms with van der Waals surface area (Å²) in [5.41, 5.74) is 6.11. The highest BCUT2D eigenvalue weighted by molar-refractivity contribution is 14.1. The largest absolute Gasteiger partial charge is 0.348 e. The van der Waals surface area contributed by atoms with Crippen LogP contribution >= 0.6 is 38.5 Å². The number of benzene rings is 1. The third-order valence-electron chi connectivity index (χ3n) is 1.93. The van der Waals surface area contributed by atoms with Crippen LogP contribution in [0.25, 0.3) is 0 Å². The lowest BCUT2D eigenvalue weighted by Gasteiger charge is -2.12. The van der Waals surface area contributed by atoms with Gasteiger partial charge in [-0.1, -0.05) is 6.07 Å². The van der Waals surface area contributed by atoms with Gasteiger partial charge in [0.2, 0.25) is 0 Å². The zero-order valence-corrected chi connectivity index (χ0v) is 12.0. The normalized spacial score (nSPS) is 12.3. The minimum absolute atomic E-state index is 0.00715. The van der Waals surface area contributed by atoms with Gasteiger partial charge in [-0.2, -0.15) is 0 Å². The van der Waals surface area contributed by atoms with Crippen molar-refractivity contribution in [3.05, 3.63) is 31.8 Å². The van der Waals surface area contributed by atoms with Crippen molar-refractivity contribution < 1.29 is 4.79 Å². The molecular formula is C10H12BrIN2O. The van der Waals surface area contributed by atoms with Crippen LogP contribution in [-0.2, 0) is 0 Å². The summed E-state index contributed by atoms with van der Waals surface area (Å²) in [5, 5.41) is 2.82. The molecule has 15 heavy (non-hydrogen) atoms. The molecule has 0 aliphatic heterocycles. The Bertz CT molecular complexity index is 370. The van der Waals surface area contributed by atoms with Crippen LogP contribution in [-0.4, -0.2) is 18.5 Å². The third kappa shape index (κ3) is 3.42. The number of halogens is 2. The monoisotopic (exact) mass is 382 g/mol. The Hall–Kier alpha value is -0.140. The minimum Gasteiger partial charge on any atom is -0.348 e. The van der Waals surface area contributed by atoms with Gasteiger partial charge in [0.05, 0.1) is 5.56 Å². The second-order valence-electron chi connectivity index (χ2n) is 3.21. The van der Waals surface area contributed by atoms with E-state index in [9.17, 15) is 4.79 Å². The molecule has 82 valence electrons. The lowest BCUT2D eigenvalue weighted by Crippen LogP contribution is -2.38. The SMILES string of the molecule is C[C@@H](CN)NC(=O)c1cccc(Br)c1I. The Labute approximate surface area is 111 Å². The highest BCUT2D eigenvalue weighted by Crippen LogP contribution is 2.22. The maximum atomic E-state index is 11.8. The third-order valence-corrected chi connectivity index (χ3v) is 4.49. The molecule has 0 heterocycles. The molecule has 1 rings (SSSR count). The Kier molecular flexibility index (Phi) is 5.01. The summed E-state index contributed by atoms with van der Waals surface area (Å²) in [6.07, 6.45) is 0. The number of nitrogens with one attached hydrogen (secondary N) is 1. The smallest absolute Gasteiger partial charge is 0.252 e. The molecule has 0 bridgehead atoms. The van der Waals surface area contributed by atoms with E-state index in [1.54, 1.807) is 6.07 Å². The predicted octanol–water partition coefficient (Wildman–Crippen LogP) is 2.13. The predicted molar refractivity (Wildman–Crippen MR) is 72.8 cm³/mol. The van der Waals surface area contributed by atoms with Gasteiger partial charge < -0.3 is 11.1 Å². The van der Waals surface area contributed by atoms with E-state index in [0.29, 0.717) is 12.1 Å². The van der Waals surface area contributed by atoms with Gasteiger partial charge in [-0.15, -0.1) is 0 Å². The molecule has 1 amide bonds. The summed E-state index contributed by atoms with van der Waals surface area (Å²) in [4.78, 5) is 11.8. The lowest BCUT2D eigenvalue weighted by molar-refractivity contribution is 0.0940. The van der Waals surface area contributed by atoms with Crippen LogP contribution in [0.4, 0.5) is 0 Å². The van der Waals surface area contributed by atoms with E-state index in [4.69, 9.17) is 5.73 Å². The number of rotatable bonds is 3. The number of carbonyl (C=O) groups is 1. The van der Waals surface area contributed by atoms with Crippen molar-refractivity contribution in [2.75, 3.05) is 6.54 Å². The Morgan fingerprint density at radius 2 is 2.33 bits per heavy atom. The van der Waals surface area contributed by atoms with Gasteiger partial charge in [0.1, 0.15) is 0 Å². The molecule has 1 atom stereocenters. The van der Waals surface area contributed by atoms with E-state index in [1.165, 1.54) is 0 Å². The highest BCUT2D eigenvalue weighted by atomic mass is 127. The fourth-order valence-electron chi connectivity index (χ4n) is 1.04. The molecule has 0 spiro atoms. The zero-order chi connectivity index (χ0) is 11.4. The number of amides is 1. The van der Waals surface area contributed by atoms with Crippen molar-refractivity contribution in [3.8, 4) is 0 Å². The standard InChI is InChI=1S/C10H12BrIN2O/c1-6(5-13)14-10(15)7-3-2-4-8(11)9(7)12/h2-4,6H,5,13H2,1H3,(H,14,15)/t6-/m0/s1. The van der Waals surface area contributed by atoms with Crippen LogP contribution in [0.1, 0.15) is 17.3 Å². The molecule has 0 saturated heterocycles. The summed E-state index contributed by atoms with van der Waals surface area (Å²) in [6.45, 7) is 2.32. The minimum atomic E-state index is -0.0846. The fraction of sp³-hybridized carbons (Fsp3) is 0.300.